The molecule has 0 radical (unpaired) electrons. The first-order valence-corrected chi connectivity index (χ1v) is 12.2. The van der Waals surface area contributed by atoms with Crippen LogP contribution in [0.2, 0.25) is 0 Å². The van der Waals surface area contributed by atoms with E-state index in [9.17, 15) is 4.79 Å². The van der Waals surface area contributed by atoms with Crippen LogP contribution in [0, 0.1) is 0 Å². The summed E-state index contributed by atoms with van der Waals surface area (Å²) in [5.74, 6) is -0.457. The van der Waals surface area contributed by atoms with Crippen LogP contribution in [-0.2, 0) is 14.4 Å². The van der Waals surface area contributed by atoms with Crippen LogP contribution in [0.4, 0.5) is 0 Å². The second kappa shape index (κ2) is 11.4. The molecular weight excluding hydrogens is 485 g/mol. The van der Waals surface area contributed by atoms with Gasteiger partial charge in [-0.3, -0.25) is 0 Å². The third-order valence-corrected chi connectivity index (χ3v) is 9.13. The van der Waals surface area contributed by atoms with Gasteiger partial charge in [0.25, 0.3) is 0 Å². The van der Waals surface area contributed by atoms with Crippen LogP contribution in [0.1, 0.15) is 20.8 Å². The molecule has 0 amide bonds. The summed E-state index contributed by atoms with van der Waals surface area (Å²) in [6, 6.07) is 31.0. The Labute approximate surface area is 201 Å². The molecule has 0 heterocycles. The van der Waals surface area contributed by atoms with Gasteiger partial charge in [-0.2, -0.15) is 0 Å². The number of oxime groups is 1. The van der Waals surface area contributed by atoms with Gasteiger partial charge in [0.15, 0.2) is 0 Å². The largest absolute Gasteiger partial charge is 1.00 e. The van der Waals surface area contributed by atoms with Crippen molar-refractivity contribution in [1.82, 2.24) is 0 Å². The van der Waals surface area contributed by atoms with Gasteiger partial charge >= 0.3 is 5.97 Å². The number of hydrogen-bond donors (Lipinski definition) is 0. The number of rotatable bonds is 7. The average molecular weight is 514 g/mol. The van der Waals surface area contributed by atoms with Crippen molar-refractivity contribution in [2.45, 2.75) is 26.4 Å². The zero-order valence-corrected chi connectivity index (χ0v) is 21.3. The third-order valence-electron chi connectivity index (χ3n) is 4.81. The fourth-order valence-corrected chi connectivity index (χ4v) is 7.69. The minimum Gasteiger partial charge on any atom is -1.00 e. The molecule has 0 aliphatic rings. The van der Waals surface area contributed by atoms with E-state index in [4.69, 9.17) is 9.57 Å². The zero-order valence-electron chi connectivity index (χ0n) is 18.9. The van der Waals surface area contributed by atoms with Crippen LogP contribution in [-0.4, -0.2) is 30.6 Å². The van der Waals surface area contributed by atoms with E-state index in [2.05, 4.69) is 41.6 Å². The molecule has 3 rings (SSSR count). The quantitative estimate of drug-likeness (QED) is 0.207. The molecule has 4 nitrogen and oxygen atoms in total. The Morgan fingerprint density at radius 3 is 1.47 bits per heavy atom. The number of esters is 1. The Kier molecular flexibility index (Phi) is 9.18. The Balaban J connectivity index is 0.00000363. The fraction of sp³-hybridized carbons (Fsp3) is 0.231. The van der Waals surface area contributed by atoms with Crippen molar-refractivity contribution in [1.29, 1.82) is 0 Å². The monoisotopic (exact) mass is 513 g/mol. The summed E-state index contributed by atoms with van der Waals surface area (Å²) in [5, 5.41) is 7.64. The lowest BCUT2D eigenvalue weighted by Crippen LogP contribution is -3.00. The maximum atomic E-state index is 13.1. The first kappa shape index (κ1) is 25.8. The molecule has 3 aromatic carbocycles. The van der Waals surface area contributed by atoms with E-state index in [0.717, 1.165) is 0 Å². The van der Waals surface area contributed by atoms with Gasteiger partial charge in [-0.1, -0.05) is 59.8 Å². The molecule has 0 bridgehead atoms. The predicted octanol–water partition coefficient (Wildman–Crippen LogP) is 1.33. The standard InChI is InChI=1S/C26H29NO3P.BrH/c1-26(2,3)30-25(28)24(27-29-4)20-31(21-14-8-5-9-15-21,22-16-10-6-11-17-22)23-18-12-7-13-19-23;/h5-19H,20H2,1-4H3;1H/q+1;/p-1/b27-24+;. The number of halogens is 1. The number of nitrogens with zero attached hydrogens (tertiary/aromatic N) is 1. The van der Waals surface area contributed by atoms with Crippen LogP contribution in [0.15, 0.2) is 96.2 Å². The van der Waals surface area contributed by atoms with Gasteiger partial charge in [0.05, 0.1) is 0 Å². The predicted molar refractivity (Wildman–Crippen MR) is 130 cm³/mol. The van der Waals surface area contributed by atoms with E-state index in [1.165, 1.54) is 23.0 Å². The number of benzene rings is 3. The third kappa shape index (κ3) is 6.05. The Bertz CT molecular complexity index is 923. The molecule has 0 atom stereocenters. The van der Waals surface area contributed by atoms with Gasteiger partial charge < -0.3 is 26.6 Å². The van der Waals surface area contributed by atoms with Gasteiger partial charge in [0.2, 0.25) is 5.71 Å². The summed E-state index contributed by atoms with van der Waals surface area (Å²) in [6.45, 7) is 5.55. The van der Waals surface area contributed by atoms with E-state index in [1.807, 2.05) is 75.4 Å². The molecule has 6 heteroatoms. The zero-order chi connectivity index (χ0) is 22.3. The van der Waals surface area contributed by atoms with E-state index in [0.29, 0.717) is 6.16 Å². The lowest BCUT2D eigenvalue weighted by atomic mass is 10.2. The summed E-state index contributed by atoms with van der Waals surface area (Å²) < 4.78 is 5.67. The van der Waals surface area contributed by atoms with Gasteiger partial charge in [-0.15, -0.1) is 0 Å². The van der Waals surface area contributed by atoms with Crippen molar-refractivity contribution >= 4 is 34.9 Å². The maximum absolute atomic E-state index is 13.1. The van der Waals surface area contributed by atoms with Gasteiger partial charge in [0, 0.05) is 0 Å². The van der Waals surface area contributed by atoms with Crippen molar-refractivity contribution in [3.63, 3.8) is 0 Å². The van der Waals surface area contributed by atoms with Crippen LogP contribution in [0.3, 0.4) is 0 Å². The number of carbonyl (C=O) groups excluding carboxylic acids is 1. The molecule has 3 aromatic rings. The van der Waals surface area contributed by atoms with Gasteiger partial charge in [-0.05, 0) is 57.2 Å². The van der Waals surface area contributed by atoms with Crippen LogP contribution in [0.25, 0.3) is 0 Å². The summed E-state index contributed by atoms with van der Waals surface area (Å²) in [6.07, 6.45) is 0.397. The van der Waals surface area contributed by atoms with Crippen LogP contribution < -0.4 is 32.9 Å². The molecule has 0 aromatic heterocycles. The van der Waals surface area contributed by atoms with E-state index >= 15 is 0 Å². The smallest absolute Gasteiger partial charge is 0.360 e. The van der Waals surface area contributed by atoms with E-state index < -0.39 is 18.8 Å². The molecule has 168 valence electrons. The fourth-order valence-electron chi connectivity index (χ4n) is 3.57. The van der Waals surface area contributed by atoms with E-state index in [1.54, 1.807) is 0 Å². The Morgan fingerprint density at radius 1 is 0.781 bits per heavy atom. The molecule has 0 N–H and O–H groups in total. The van der Waals surface area contributed by atoms with Crippen LogP contribution >= 0.6 is 7.26 Å². The Morgan fingerprint density at radius 2 is 1.16 bits per heavy atom. The van der Waals surface area contributed by atoms with Gasteiger partial charge in [-0.25, -0.2) is 4.79 Å². The highest BCUT2D eigenvalue weighted by Gasteiger charge is 2.48. The molecule has 0 aliphatic heterocycles. The molecule has 0 saturated carbocycles. The molecule has 0 saturated heterocycles. The van der Waals surface area contributed by atoms with Crippen molar-refractivity contribution in [2.75, 3.05) is 13.3 Å². The summed E-state index contributed by atoms with van der Waals surface area (Å²) in [7, 11) is -0.814. The normalized spacial score (nSPS) is 11.9. The summed E-state index contributed by atoms with van der Waals surface area (Å²) >= 11 is 0. The Hall–Kier alpha value is -2.49. The number of ether oxygens (including phenoxy) is 1. The number of hydrogen-bond acceptors (Lipinski definition) is 4. The molecule has 0 aliphatic carbocycles. The molecule has 0 fully saturated rings. The molecular formula is C26H29BrNO3P. The molecule has 0 unspecified atom stereocenters. The molecule has 32 heavy (non-hydrogen) atoms. The summed E-state index contributed by atoms with van der Waals surface area (Å²) in [4.78, 5) is 18.2. The molecule has 0 spiro atoms. The van der Waals surface area contributed by atoms with E-state index in [-0.39, 0.29) is 22.7 Å². The van der Waals surface area contributed by atoms with Crippen LogP contribution in [0.5, 0.6) is 0 Å². The highest BCUT2D eigenvalue weighted by Crippen LogP contribution is 2.55. The average Bonchev–Trinajstić information content (AvgIpc) is 2.77. The maximum Gasteiger partial charge on any atom is 0.360 e. The lowest BCUT2D eigenvalue weighted by molar-refractivity contribution is -0.146. The first-order chi connectivity index (χ1) is 14.9. The second-order valence-electron chi connectivity index (χ2n) is 8.20. The minimum absolute atomic E-state index is 0. The first-order valence-electron chi connectivity index (χ1n) is 10.2. The van der Waals surface area contributed by atoms with Crippen molar-refractivity contribution < 1.29 is 31.4 Å². The second-order valence-corrected chi connectivity index (χ2v) is 11.7. The highest BCUT2D eigenvalue weighted by atomic mass is 79.9. The number of carbonyl (C=O) groups is 1. The lowest BCUT2D eigenvalue weighted by Gasteiger charge is -2.28. The topological polar surface area (TPSA) is 47.9 Å². The van der Waals surface area contributed by atoms with Gasteiger partial charge in [0.1, 0.15) is 42.0 Å². The highest BCUT2D eigenvalue weighted by molar-refractivity contribution is 7.96. The van der Waals surface area contributed by atoms with Crippen molar-refractivity contribution in [3.05, 3.63) is 91.0 Å². The van der Waals surface area contributed by atoms with Crippen molar-refractivity contribution in [3.8, 4) is 0 Å². The SMILES string of the molecule is CO/N=C(\C[P+](c1ccccc1)(c1ccccc1)c1ccccc1)C(=O)OC(C)(C)C.[Br-]. The minimum atomic E-state index is -2.27. The summed E-state index contributed by atoms with van der Waals surface area (Å²) in [5.41, 5.74) is -0.346. The van der Waals surface area contributed by atoms with Crippen molar-refractivity contribution in [2.24, 2.45) is 5.16 Å².